The third-order valence-corrected chi connectivity index (χ3v) is 4.83. The first-order valence-corrected chi connectivity index (χ1v) is 7.94. The van der Waals surface area contributed by atoms with Gasteiger partial charge < -0.3 is 4.90 Å². The molecule has 120 valence electrons. The fourth-order valence-corrected chi connectivity index (χ4v) is 3.58. The third kappa shape index (κ3) is 2.73. The zero-order valence-electron chi connectivity index (χ0n) is 11.2. The number of aromatic nitrogens is 1. The third-order valence-electron chi connectivity index (χ3n) is 3.24. The first-order chi connectivity index (χ1) is 10.9. The number of benzene rings is 1. The van der Waals surface area contributed by atoms with Gasteiger partial charge in [0.05, 0.1) is 0 Å². The zero-order valence-corrected chi connectivity index (χ0v) is 13.6. The summed E-state index contributed by atoms with van der Waals surface area (Å²) in [4.78, 5) is 29.2. The van der Waals surface area contributed by atoms with Crippen LogP contribution in [0.1, 0.15) is 21.5 Å². The highest BCUT2D eigenvalue weighted by Gasteiger charge is 2.44. The van der Waals surface area contributed by atoms with E-state index in [2.05, 4.69) is 20.9 Å². The molecule has 3 rings (SSSR count). The molecule has 6 nitrogen and oxygen atoms in total. The van der Waals surface area contributed by atoms with E-state index in [0.717, 1.165) is 34.4 Å². The van der Waals surface area contributed by atoms with Crippen LogP contribution < -0.4 is 0 Å². The van der Waals surface area contributed by atoms with Gasteiger partial charge in [-0.2, -0.15) is 5.06 Å². The topological polar surface area (TPSA) is 73.7 Å². The maximum absolute atomic E-state index is 13.8. The summed E-state index contributed by atoms with van der Waals surface area (Å²) in [7, 11) is 0. The molecule has 1 aliphatic heterocycles. The van der Waals surface area contributed by atoms with Crippen LogP contribution in [0, 0.1) is 11.6 Å². The van der Waals surface area contributed by atoms with Gasteiger partial charge in [-0.3, -0.25) is 14.8 Å². The van der Waals surface area contributed by atoms with Gasteiger partial charge in [-0.15, -0.1) is 11.3 Å². The van der Waals surface area contributed by atoms with E-state index in [1.165, 1.54) is 0 Å². The minimum Gasteiger partial charge on any atom is -0.300 e. The molecule has 10 heteroatoms. The molecule has 1 aromatic heterocycles. The van der Waals surface area contributed by atoms with Crippen molar-refractivity contribution >= 4 is 39.1 Å². The van der Waals surface area contributed by atoms with E-state index in [9.17, 15) is 23.6 Å². The number of hydrogen-bond donors (Lipinski definition) is 1. The van der Waals surface area contributed by atoms with Crippen molar-refractivity contribution in [3.05, 3.63) is 50.4 Å². The molecular formula is C13H8BrF2N3O3S. The van der Waals surface area contributed by atoms with E-state index in [-0.39, 0.29) is 5.01 Å². The molecule has 0 aliphatic carbocycles. The second-order valence-corrected chi connectivity index (χ2v) is 6.35. The van der Waals surface area contributed by atoms with Gasteiger partial charge >= 0.3 is 0 Å². The van der Waals surface area contributed by atoms with Crippen LogP contribution in [0.2, 0.25) is 0 Å². The monoisotopic (exact) mass is 403 g/mol. The Kier molecular flexibility index (Phi) is 4.13. The molecule has 1 saturated heterocycles. The Morgan fingerprint density at radius 1 is 1.39 bits per heavy atom. The van der Waals surface area contributed by atoms with Crippen LogP contribution in [0.4, 0.5) is 8.78 Å². The summed E-state index contributed by atoms with van der Waals surface area (Å²) < 4.78 is 28.1. The van der Waals surface area contributed by atoms with Crippen molar-refractivity contribution in [1.29, 1.82) is 0 Å². The highest BCUT2D eigenvalue weighted by atomic mass is 79.9. The number of amides is 2. The predicted molar refractivity (Wildman–Crippen MR) is 78.6 cm³/mol. The van der Waals surface area contributed by atoms with E-state index in [1.54, 1.807) is 5.38 Å². The van der Waals surface area contributed by atoms with Crippen LogP contribution in [0.15, 0.2) is 28.2 Å². The lowest BCUT2D eigenvalue weighted by Crippen LogP contribution is -2.35. The van der Waals surface area contributed by atoms with Gasteiger partial charge in [-0.25, -0.2) is 13.8 Å². The van der Waals surface area contributed by atoms with Gasteiger partial charge in [0.2, 0.25) is 0 Å². The molecule has 1 aromatic carbocycles. The molecule has 2 aromatic rings. The second-order valence-electron chi connectivity index (χ2n) is 4.65. The minimum atomic E-state index is -1.23. The smallest absolute Gasteiger partial charge is 0.268 e. The van der Waals surface area contributed by atoms with Crippen LogP contribution in [0.3, 0.4) is 0 Å². The maximum Gasteiger partial charge on any atom is 0.268 e. The Labute approximate surface area is 141 Å². The summed E-state index contributed by atoms with van der Waals surface area (Å²) in [5.41, 5.74) is -0.781. The fourth-order valence-electron chi connectivity index (χ4n) is 2.23. The standard InChI is InChI=1S/C13H8BrF2N3O3S/c14-8-5-23-11(17-8)12-18(4-9(20)19(12)22)13(21)10-6(15)2-1-3-7(10)16/h1-3,5,12,22H,4H2. The number of rotatable bonds is 2. The van der Waals surface area contributed by atoms with Crippen molar-refractivity contribution in [3.8, 4) is 0 Å². The molecule has 0 radical (unpaired) electrons. The average Bonchev–Trinajstić information content (AvgIpc) is 3.03. The number of carbonyl (C=O) groups excluding carboxylic acids is 2. The summed E-state index contributed by atoms with van der Waals surface area (Å²) in [5.74, 6) is -3.90. The summed E-state index contributed by atoms with van der Waals surface area (Å²) in [6, 6.07) is 3.02. The van der Waals surface area contributed by atoms with Gasteiger partial charge in [0.1, 0.15) is 33.4 Å². The highest BCUT2D eigenvalue weighted by Crippen LogP contribution is 2.34. The molecule has 1 atom stereocenters. The molecule has 1 unspecified atom stereocenters. The molecule has 2 heterocycles. The van der Waals surface area contributed by atoms with E-state index in [1.807, 2.05) is 0 Å². The molecule has 0 spiro atoms. The Balaban J connectivity index is 2.03. The van der Waals surface area contributed by atoms with Crippen molar-refractivity contribution in [2.45, 2.75) is 6.17 Å². The van der Waals surface area contributed by atoms with Gasteiger partial charge in [0, 0.05) is 5.38 Å². The minimum absolute atomic E-state index is 0.232. The Bertz CT molecular complexity index is 780. The first kappa shape index (κ1) is 16.0. The Morgan fingerprint density at radius 3 is 2.61 bits per heavy atom. The fraction of sp³-hybridized carbons (Fsp3) is 0.154. The Hall–Kier alpha value is -1.91. The van der Waals surface area contributed by atoms with Crippen LogP contribution in [-0.4, -0.2) is 38.5 Å². The lowest BCUT2D eigenvalue weighted by atomic mass is 10.1. The summed E-state index contributed by atoms with van der Waals surface area (Å²) in [6.45, 7) is -0.509. The SMILES string of the molecule is O=C1CN(C(=O)c2c(F)cccc2F)C(c2nc(Br)cs2)N1O. The van der Waals surface area contributed by atoms with E-state index in [4.69, 9.17) is 0 Å². The number of thiazole rings is 1. The molecule has 23 heavy (non-hydrogen) atoms. The van der Waals surface area contributed by atoms with Crippen LogP contribution in [0.25, 0.3) is 0 Å². The number of hydrogen-bond acceptors (Lipinski definition) is 5. The lowest BCUT2D eigenvalue weighted by molar-refractivity contribution is -0.168. The lowest BCUT2D eigenvalue weighted by Gasteiger charge is -2.24. The van der Waals surface area contributed by atoms with E-state index >= 15 is 0 Å². The number of nitrogens with zero attached hydrogens (tertiary/aromatic N) is 3. The summed E-state index contributed by atoms with van der Waals surface area (Å²) in [6.07, 6.45) is -1.23. The molecule has 1 N–H and O–H groups in total. The summed E-state index contributed by atoms with van der Waals surface area (Å²) >= 11 is 4.21. The number of carbonyl (C=O) groups is 2. The Morgan fingerprint density at radius 2 is 2.04 bits per heavy atom. The average molecular weight is 404 g/mol. The van der Waals surface area contributed by atoms with Gasteiger partial charge in [-0.1, -0.05) is 6.07 Å². The largest absolute Gasteiger partial charge is 0.300 e. The van der Waals surface area contributed by atoms with Crippen molar-refractivity contribution in [1.82, 2.24) is 14.9 Å². The number of hydroxylamine groups is 2. The maximum atomic E-state index is 13.8. The van der Waals surface area contributed by atoms with Crippen LogP contribution in [0.5, 0.6) is 0 Å². The second kappa shape index (κ2) is 5.95. The van der Waals surface area contributed by atoms with E-state index < -0.39 is 41.7 Å². The summed E-state index contributed by atoms with van der Waals surface area (Å²) in [5, 5.41) is 12.0. The van der Waals surface area contributed by atoms with E-state index in [0.29, 0.717) is 9.67 Å². The van der Waals surface area contributed by atoms with Gasteiger partial charge in [0.15, 0.2) is 6.17 Å². The molecule has 0 bridgehead atoms. The van der Waals surface area contributed by atoms with Crippen molar-refractivity contribution in [3.63, 3.8) is 0 Å². The zero-order chi connectivity index (χ0) is 16.7. The van der Waals surface area contributed by atoms with Gasteiger partial charge in [-0.05, 0) is 28.1 Å². The molecule has 1 aliphatic rings. The van der Waals surface area contributed by atoms with Crippen molar-refractivity contribution < 1.29 is 23.6 Å². The van der Waals surface area contributed by atoms with Crippen molar-refractivity contribution in [2.75, 3.05) is 6.54 Å². The van der Waals surface area contributed by atoms with Crippen LogP contribution >= 0.6 is 27.3 Å². The first-order valence-electron chi connectivity index (χ1n) is 6.27. The molecule has 2 amide bonds. The quantitative estimate of drug-likeness (QED) is 0.781. The molecule has 1 fully saturated rings. The predicted octanol–water partition coefficient (Wildman–Crippen LogP) is 2.56. The van der Waals surface area contributed by atoms with Crippen molar-refractivity contribution in [2.24, 2.45) is 0 Å². The van der Waals surface area contributed by atoms with Crippen LogP contribution in [-0.2, 0) is 4.79 Å². The molecule has 0 saturated carbocycles. The molecular weight excluding hydrogens is 396 g/mol. The highest BCUT2D eigenvalue weighted by molar-refractivity contribution is 9.10. The normalized spacial score (nSPS) is 17.9. The number of halogens is 3. The van der Waals surface area contributed by atoms with Gasteiger partial charge in [0.25, 0.3) is 11.8 Å².